The van der Waals surface area contributed by atoms with Gasteiger partial charge in [-0.25, -0.2) is 4.79 Å². The number of nitrogens with one attached hydrogen (secondary N) is 1. The number of aryl methyl sites for hydroxylation is 1. The van der Waals surface area contributed by atoms with Crippen molar-refractivity contribution in [3.8, 4) is 0 Å². The van der Waals surface area contributed by atoms with Crippen molar-refractivity contribution in [3.63, 3.8) is 0 Å². The molecule has 3 rings (SSSR count). The van der Waals surface area contributed by atoms with Crippen molar-refractivity contribution < 1.29 is 23.1 Å². The van der Waals surface area contributed by atoms with Crippen molar-refractivity contribution in [1.82, 2.24) is 4.98 Å². The molecule has 0 radical (unpaired) electrons. The molecule has 136 valence electrons. The summed E-state index contributed by atoms with van der Waals surface area (Å²) < 4.78 is 38.9. The van der Waals surface area contributed by atoms with Gasteiger partial charge in [0.2, 0.25) is 0 Å². The fourth-order valence-corrected chi connectivity index (χ4v) is 3.57. The van der Waals surface area contributed by atoms with E-state index < -0.39 is 17.7 Å². The Balaban J connectivity index is 2.12. The highest BCUT2D eigenvalue weighted by Gasteiger charge is 2.31. The van der Waals surface area contributed by atoms with Crippen LogP contribution in [-0.4, -0.2) is 16.1 Å². The van der Waals surface area contributed by atoms with E-state index in [1.54, 1.807) is 13.1 Å². The third kappa shape index (κ3) is 3.27. The van der Waals surface area contributed by atoms with Crippen LogP contribution in [0.15, 0.2) is 30.5 Å². The first-order chi connectivity index (χ1) is 12.1. The number of hydrogen-bond acceptors (Lipinski definition) is 1. The molecule has 2 N–H and O–H groups in total. The molecule has 1 aromatic heterocycles. The van der Waals surface area contributed by atoms with Crippen molar-refractivity contribution in [2.45, 2.75) is 19.5 Å². The second kappa shape index (κ2) is 6.52. The molecule has 0 saturated carbocycles. The summed E-state index contributed by atoms with van der Waals surface area (Å²) in [5.41, 5.74) is 1.06. The summed E-state index contributed by atoms with van der Waals surface area (Å²) in [7, 11) is 0. The zero-order chi connectivity index (χ0) is 19.2. The van der Waals surface area contributed by atoms with Crippen molar-refractivity contribution in [2.24, 2.45) is 0 Å². The summed E-state index contributed by atoms with van der Waals surface area (Å²) in [6.07, 6.45) is -2.67. The van der Waals surface area contributed by atoms with Gasteiger partial charge < -0.3 is 10.1 Å². The minimum atomic E-state index is -4.44. The van der Waals surface area contributed by atoms with E-state index >= 15 is 0 Å². The summed E-state index contributed by atoms with van der Waals surface area (Å²) in [4.78, 5) is 14.1. The summed E-state index contributed by atoms with van der Waals surface area (Å²) >= 11 is 12.3. The van der Waals surface area contributed by atoms with Gasteiger partial charge in [-0.1, -0.05) is 23.2 Å². The molecule has 0 bridgehead atoms. The fraction of sp³-hybridized carbons (Fsp3) is 0.167. The van der Waals surface area contributed by atoms with Crippen molar-refractivity contribution in [2.75, 3.05) is 0 Å². The number of carbonyl (C=O) groups is 1. The molecule has 0 spiro atoms. The SMILES string of the molecule is Cc1cc(C(F)(F)F)cc2[nH]cc(Cc3c(Cl)ccc(C(=O)O)c3Cl)c12. The molecular formula is C18H12Cl2F3NO2. The number of benzene rings is 2. The van der Waals surface area contributed by atoms with E-state index in [4.69, 9.17) is 23.2 Å². The molecule has 0 aliphatic rings. The van der Waals surface area contributed by atoms with Crippen LogP contribution in [0.3, 0.4) is 0 Å². The number of aromatic nitrogens is 1. The normalized spacial score (nSPS) is 11.9. The van der Waals surface area contributed by atoms with Crippen LogP contribution >= 0.6 is 23.2 Å². The summed E-state index contributed by atoms with van der Waals surface area (Å²) in [6, 6.07) is 4.88. The first kappa shape index (κ1) is 18.6. The zero-order valence-corrected chi connectivity index (χ0v) is 14.9. The zero-order valence-electron chi connectivity index (χ0n) is 13.3. The first-order valence-electron chi connectivity index (χ1n) is 7.47. The molecule has 0 aliphatic carbocycles. The lowest BCUT2D eigenvalue weighted by Gasteiger charge is -2.11. The van der Waals surface area contributed by atoms with E-state index in [1.807, 2.05) is 0 Å². The monoisotopic (exact) mass is 401 g/mol. The lowest BCUT2D eigenvalue weighted by Crippen LogP contribution is -2.05. The number of fused-ring (bicyclic) bond motifs is 1. The quantitative estimate of drug-likeness (QED) is 0.557. The Morgan fingerprint density at radius 3 is 2.54 bits per heavy atom. The first-order valence-corrected chi connectivity index (χ1v) is 8.23. The lowest BCUT2D eigenvalue weighted by molar-refractivity contribution is -0.137. The Kier molecular flexibility index (Phi) is 4.67. The number of halogens is 5. The molecule has 0 saturated heterocycles. The largest absolute Gasteiger partial charge is 0.478 e. The van der Waals surface area contributed by atoms with Crippen LogP contribution in [0.5, 0.6) is 0 Å². The highest BCUT2D eigenvalue weighted by Crippen LogP contribution is 2.36. The van der Waals surface area contributed by atoms with Crippen molar-refractivity contribution in [1.29, 1.82) is 0 Å². The smallest absolute Gasteiger partial charge is 0.416 e. The van der Waals surface area contributed by atoms with Crippen LogP contribution in [0.25, 0.3) is 10.9 Å². The Labute approximate surface area is 156 Å². The second-order valence-electron chi connectivity index (χ2n) is 5.90. The fourth-order valence-electron chi connectivity index (χ4n) is 2.98. The van der Waals surface area contributed by atoms with Crippen LogP contribution in [0.1, 0.15) is 32.6 Å². The summed E-state index contributed by atoms with van der Waals surface area (Å²) in [6.45, 7) is 1.59. The molecule has 3 aromatic rings. The van der Waals surface area contributed by atoms with Crippen LogP contribution in [0, 0.1) is 6.92 Å². The molecule has 0 fully saturated rings. The number of carboxylic acids is 1. The van der Waals surface area contributed by atoms with Gasteiger partial charge in [0, 0.05) is 28.5 Å². The van der Waals surface area contributed by atoms with Gasteiger partial charge >= 0.3 is 12.1 Å². The topological polar surface area (TPSA) is 53.1 Å². The number of hydrogen-bond donors (Lipinski definition) is 2. The molecule has 0 amide bonds. The van der Waals surface area contributed by atoms with Gasteiger partial charge in [-0.05, 0) is 47.9 Å². The number of H-pyrrole nitrogens is 1. The van der Waals surface area contributed by atoms with Gasteiger partial charge in [0.25, 0.3) is 0 Å². The van der Waals surface area contributed by atoms with Crippen LogP contribution in [0.4, 0.5) is 13.2 Å². The van der Waals surface area contributed by atoms with Gasteiger partial charge in [-0.3, -0.25) is 0 Å². The van der Waals surface area contributed by atoms with Crippen molar-refractivity contribution >= 4 is 40.1 Å². The third-order valence-electron chi connectivity index (χ3n) is 4.17. The van der Waals surface area contributed by atoms with E-state index in [-0.39, 0.29) is 17.0 Å². The molecule has 3 nitrogen and oxygen atoms in total. The average Bonchev–Trinajstić information content (AvgIpc) is 2.93. The summed E-state index contributed by atoms with van der Waals surface area (Å²) in [5, 5.41) is 10.1. The summed E-state index contributed by atoms with van der Waals surface area (Å²) in [5.74, 6) is -1.18. The van der Waals surface area contributed by atoms with Gasteiger partial charge in [0.15, 0.2) is 0 Å². The van der Waals surface area contributed by atoms with E-state index in [2.05, 4.69) is 4.98 Å². The van der Waals surface area contributed by atoms with Crippen LogP contribution in [0.2, 0.25) is 10.0 Å². The molecule has 0 unspecified atom stereocenters. The number of aromatic amines is 1. The Morgan fingerprint density at radius 1 is 1.23 bits per heavy atom. The standard InChI is InChI=1S/C18H12Cl2F3NO2/c1-8-4-10(18(21,22)23)6-14-15(8)9(7-24-14)5-12-13(19)3-2-11(16(12)20)17(25)26/h2-4,6-7,24H,5H2,1H3,(H,25,26). The minimum Gasteiger partial charge on any atom is -0.478 e. The Bertz CT molecular complexity index is 1030. The van der Waals surface area contributed by atoms with Gasteiger partial charge in [-0.15, -0.1) is 0 Å². The van der Waals surface area contributed by atoms with E-state index in [9.17, 15) is 23.1 Å². The highest BCUT2D eigenvalue weighted by molar-refractivity contribution is 6.38. The predicted octanol–water partition coefficient (Wildman–Crippen LogP) is 6.09. The van der Waals surface area contributed by atoms with E-state index in [0.29, 0.717) is 32.6 Å². The Morgan fingerprint density at radius 2 is 1.92 bits per heavy atom. The number of rotatable bonds is 3. The second-order valence-corrected chi connectivity index (χ2v) is 6.68. The molecular weight excluding hydrogens is 390 g/mol. The molecule has 8 heteroatoms. The maximum Gasteiger partial charge on any atom is 0.416 e. The maximum absolute atomic E-state index is 13.0. The number of alkyl halides is 3. The highest BCUT2D eigenvalue weighted by atomic mass is 35.5. The third-order valence-corrected chi connectivity index (χ3v) is 4.96. The molecule has 0 aliphatic heterocycles. The predicted molar refractivity (Wildman–Crippen MR) is 94.3 cm³/mol. The molecule has 2 aromatic carbocycles. The molecule has 26 heavy (non-hydrogen) atoms. The molecule has 0 atom stereocenters. The van der Waals surface area contributed by atoms with Gasteiger partial charge in [0.05, 0.1) is 16.1 Å². The van der Waals surface area contributed by atoms with Gasteiger partial charge in [0.1, 0.15) is 0 Å². The number of carboxylic acid groups (broad SMARTS) is 1. The number of aromatic carboxylic acids is 1. The maximum atomic E-state index is 13.0. The van der Waals surface area contributed by atoms with Gasteiger partial charge in [-0.2, -0.15) is 13.2 Å². The Hall–Kier alpha value is -2.18. The van der Waals surface area contributed by atoms with Crippen molar-refractivity contribution in [3.05, 3.63) is 68.3 Å². The van der Waals surface area contributed by atoms with Crippen LogP contribution in [-0.2, 0) is 12.6 Å². The molecule has 1 heterocycles. The van der Waals surface area contributed by atoms with Crippen LogP contribution < -0.4 is 0 Å². The minimum absolute atomic E-state index is 0.0175. The van der Waals surface area contributed by atoms with E-state index in [0.717, 1.165) is 12.1 Å². The average molecular weight is 402 g/mol. The van der Waals surface area contributed by atoms with E-state index in [1.165, 1.54) is 12.1 Å². The lowest BCUT2D eigenvalue weighted by atomic mass is 9.98.